The molecule has 0 spiro atoms. The number of hydrogen-bond donors (Lipinski definition) is 4. The van der Waals surface area contributed by atoms with Crippen LogP contribution in [0.1, 0.15) is 142 Å². The predicted octanol–water partition coefficient (Wildman–Crippen LogP) is 9.55. The van der Waals surface area contributed by atoms with E-state index >= 15 is 0 Å². The van der Waals surface area contributed by atoms with Crippen molar-refractivity contribution in [2.45, 2.75) is 179 Å². The normalized spacial score (nSPS) is 20.9. The molecule has 59 heavy (non-hydrogen) atoms. The van der Waals surface area contributed by atoms with Gasteiger partial charge in [-0.1, -0.05) is 143 Å². The minimum absolute atomic E-state index is 0.0924. The van der Waals surface area contributed by atoms with Gasteiger partial charge in [0.15, 0.2) is 12.4 Å². The summed E-state index contributed by atoms with van der Waals surface area (Å²) in [5.41, 5.74) is 0. The van der Waals surface area contributed by atoms with E-state index in [9.17, 15) is 30.0 Å². The molecule has 0 aliphatic carbocycles. The molecule has 6 atom stereocenters. The molecule has 0 saturated carbocycles. The molecule has 0 radical (unpaired) electrons. The number of unbranched alkanes of at least 4 members (excludes halogenated alkanes) is 8. The van der Waals surface area contributed by atoms with Crippen molar-refractivity contribution in [2.75, 3.05) is 19.8 Å². The molecule has 1 saturated heterocycles. The molecular formula is C49H78O10. The van der Waals surface area contributed by atoms with Crippen LogP contribution in [0, 0.1) is 0 Å². The largest absolute Gasteiger partial charge is 0.462 e. The Labute approximate surface area is 356 Å². The van der Waals surface area contributed by atoms with Crippen LogP contribution >= 0.6 is 0 Å². The molecule has 2 unspecified atom stereocenters. The van der Waals surface area contributed by atoms with Gasteiger partial charge in [-0.15, -0.1) is 0 Å². The number of rotatable bonds is 35. The lowest BCUT2D eigenvalue weighted by Crippen LogP contribution is -2.59. The van der Waals surface area contributed by atoms with Crippen molar-refractivity contribution in [3.8, 4) is 0 Å². The Kier molecular flexibility index (Phi) is 35.3. The van der Waals surface area contributed by atoms with Crippen molar-refractivity contribution in [3.63, 3.8) is 0 Å². The molecule has 0 bridgehead atoms. The Morgan fingerprint density at radius 2 is 1.03 bits per heavy atom. The van der Waals surface area contributed by atoms with Crippen LogP contribution in [-0.2, 0) is 28.5 Å². The number of ether oxygens (including phenoxy) is 4. The van der Waals surface area contributed by atoms with Crippen LogP contribution in [0.15, 0.2) is 97.2 Å². The topological polar surface area (TPSA) is 152 Å². The smallest absolute Gasteiger partial charge is 0.306 e. The van der Waals surface area contributed by atoms with Crippen LogP contribution in [0.3, 0.4) is 0 Å². The zero-order valence-electron chi connectivity index (χ0n) is 36.2. The third kappa shape index (κ3) is 30.3. The Morgan fingerprint density at radius 1 is 0.542 bits per heavy atom. The maximum absolute atomic E-state index is 12.7. The summed E-state index contributed by atoms with van der Waals surface area (Å²) in [5.74, 6) is -0.953. The van der Waals surface area contributed by atoms with Gasteiger partial charge in [-0.05, 0) is 83.5 Å². The zero-order valence-corrected chi connectivity index (χ0v) is 36.2. The quantitative estimate of drug-likeness (QED) is 0.0276. The van der Waals surface area contributed by atoms with Gasteiger partial charge < -0.3 is 39.4 Å². The summed E-state index contributed by atoms with van der Waals surface area (Å²) in [6.07, 6.45) is 44.3. The van der Waals surface area contributed by atoms with Crippen molar-refractivity contribution >= 4 is 11.9 Å². The highest BCUT2D eigenvalue weighted by Crippen LogP contribution is 2.22. The summed E-state index contributed by atoms with van der Waals surface area (Å²) in [6, 6.07) is 0. The van der Waals surface area contributed by atoms with Gasteiger partial charge in [0.05, 0.1) is 13.2 Å². The van der Waals surface area contributed by atoms with Crippen LogP contribution < -0.4 is 0 Å². The lowest BCUT2D eigenvalue weighted by Gasteiger charge is -2.39. The maximum atomic E-state index is 12.7. The Morgan fingerprint density at radius 3 is 1.58 bits per heavy atom. The van der Waals surface area contributed by atoms with Crippen molar-refractivity contribution in [2.24, 2.45) is 0 Å². The molecule has 1 rings (SSSR count). The molecule has 334 valence electrons. The fraction of sp³-hybridized carbons (Fsp3) is 0.633. The van der Waals surface area contributed by atoms with Crippen LogP contribution in [0.4, 0.5) is 0 Å². The Balaban J connectivity index is 2.43. The van der Waals surface area contributed by atoms with Gasteiger partial charge in [0.25, 0.3) is 0 Å². The van der Waals surface area contributed by atoms with E-state index in [0.717, 1.165) is 64.2 Å². The molecule has 10 heteroatoms. The second-order valence-electron chi connectivity index (χ2n) is 14.8. The summed E-state index contributed by atoms with van der Waals surface area (Å²) >= 11 is 0. The second-order valence-corrected chi connectivity index (χ2v) is 14.8. The first-order valence-corrected chi connectivity index (χ1v) is 22.3. The number of carbonyl (C=O) groups excluding carboxylic acids is 2. The van der Waals surface area contributed by atoms with E-state index < -0.39 is 55.4 Å². The highest BCUT2D eigenvalue weighted by Gasteiger charge is 2.44. The van der Waals surface area contributed by atoms with Crippen LogP contribution in [0.5, 0.6) is 0 Å². The number of aliphatic hydroxyl groups is 4. The fourth-order valence-corrected chi connectivity index (χ4v) is 5.95. The van der Waals surface area contributed by atoms with Gasteiger partial charge in [0.2, 0.25) is 0 Å². The van der Waals surface area contributed by atoms with Gasteiger partial charge in [0, 0.05) is 12.8 Å². The summed E-state index contributed by atoms with van der Waals surface area (Å²) in [4.78, 5) is 25.3. The summed E-state index contributed by atoms with van der Waals surface area (Å²) in [5, 5.41) is 40.1. The predicted molar refractivity (Wildman–Crippen MR) is 237 cm³/mol. The second kappa shape index (κ2) is 38.8. The van der Waals surface area contributed by atoms with E-state index in [4.69, 9.17) is 18.9 Å². The molecule has 4 N–H and O–H groups in total. The lowest BCUT2D eigenvalue weighted by molar-refractivity contribution is -0.305. The first-order valence-electron chi connectivity index (χ1n) is 22.3. The van der Waals surface area contributed by atoms with Crippen molar-refractivity contribution in [3.05, 3.63) is 97.2 Å². The zero-order chi connectivity index (χ0) is 43.0. The minimum Gasteiger partial charge on any atom is -0.462 e. The molecule has 1 fully saturated rings. The van der Waals surface area contributed by atoms with Gasteiger partial charge in [-0.2, -0.15) is 0 Å². The average molecular weight is 827 g/mol. The molecule has 0 aromatic carbocycles. The van der Waals surface area contributed by atoms with Gasteiger partial charge in [0.1, 0.15) is 31.0 Å². The molecule has 0 aromatic heterocycles. The molecule has 0 amide bonds. The molecule has 10 nitrogen and oxygen atoms in total. The van der Waals surface area contributed by atoms with Crippen molar-refractivity contribution in [1.29, 1.82) is 0 Å². The number of aliphatic hydroxyl groups excluding tert-OH is 4. The average Bonchev–Trinajstić information content (AvgIpc) is 3.23. The lowest BCUT2D eigenvalue weighted by atomic mass is 9.99. The summed E-state index contributed by atoms with van der Waals surface area (Å²) < 4.78 is 22.0. The number of allylic oxidation sites excluding steroid dienone is 16. The SMILES string of the molecule is CC/C=C/C/C=C/C/C=C/C/C=C/C/C=C/C/C=C/CCC(=O)O[C@H](COC(=O)CCCC/C=C/C/C=C/CCCCCCCC)CO[C@@H]1O[C@H](CO)[C@H](O)C(O)C1O. The number of esters is 2. The first-order chi connectivity index (χ1) is 28.8. The van der Waals surface area contributed by atoms with E-state index in [0.29, 0.717) is 12.8 Å². The molecule has 1 heterocycles. The van der Waals surface area contributed by atoms with E-state index in [1.807, 2.05) is 12.2 Å². The fourth-order valence-electron chi connectivity index (χ4n) is 5.95. The number of carbonyl (C=O) groups is 2. The van der Waals surface area contributed by atoms with E-state index in [1.165, 1.54) is 38.5 Å². The summed E-state index contributed by atoms with van der Waals surface area (Å²) in [6.45, 7) is 3.17. The van der Waals surface area contributed by atoms with Crippen molar-refractivity contribution in [1.82, 2.24) is 0 Å². The van der Waals surface area contributed by atoms with E-state index in [2.05, 4.69) is 98.9 Å². The van der Waals surface area contributed by atoms with E-state index in [1.54, 1.807) is 0 Å². The first kappa shape index (κ1) is 53.6. The maximum Gasteiger partial charge on any atom is 0.306 e. The van der Waals surface area contributed by atoms with E-state index in [-0.39, 0.29) is 26.1 Å². The summed E-state index contributed by atoms with van der Waals surface area (Å²) in [7, 11) is 0. The molecule has 1 aliphatic heterocycles. The van der Waals surface area contributed by atoms with Gasteiger partial charge in [-0.3, -0.25) is 9.59 Å². The minimum atomic E-state index is -1.62. The third-order valence-electron chi connectivity index (χ3n) is 9.47. The molecular weight excluding hydrogens is 749 g/mol. The van der Waals surface area contributed by atoms with Crippen molar-refractivity contribution < 1.29 is 49.0 Å². The Hall–Kier alpha value is -3.38. The van der Waals surface area contributed by atoms with Gasteiger partial charge >= 0.3 is 11.9 Å². The number of hydrogen-bond acceptors (Lipinski definition) is 10. The monoisotopic (exact) mass is 827 g/mol. The highest BCUT2D eigenvalue weighted by atomic mass is 16.7. The van der Waals surface area contributed by atoms with Crippen LogP contribution in [-0.4, -0.2) is 89.0 Å². The third-order valence-corrected chi connectivity index (χ3v) is 9.47. The van der Waals surface area contributed by atoms with Crippen LogP contribution in [0.25, 0.3) is 0 Å². The molecule has 1 aliphatic rings. The highest BCUT2D eigenvalue weighted by molar-refractivity contribution is 5.70. The Bertz CT molecular complexity index is 1280. The van der Waals surface area contributed by atoms with Crippen LogP contribution in [0.2, 0.25) is 0 Å². The standard InChI is InChI=1S/C49H78O10/c1-3-5-7-9-11-13-15-17-19-20-21-22-24-26-28-30-32-34-36-38-45(52)58-42(41-57-49-48(55)47(54)46(53)43(39-50)59-49)40-56-44(51)37-35-33-31-29-27-25-23-18-16-14-12-10-8-6-4-2/h5,7,11,13,17-19,21-23,26-29,32,34,42-43,46-50,53-55H,3-4,6,8-10,12,14-16,20,24-25,30-31,33,35-41H2,1-2H3/b7-5+,13-11+,19-17+,22-21+,23-18+,28-26+,29-27+,34-32+/t42-,43-,46+,47?,48?,49-/m1/s1. The molecule has 0 aromatic rings. The van der Waals surface area contributed by atoms with Gasteiger partial charge in [-0.25, -0.2) is 0 Å².